The molecule has 10 heavy (non-hydrogen) atoms. The number of benzene rings is 1. The standard InChI is InChI=1S/C6H3F2.BrH.Zn/c7-5-3-1-2-4-6(5)8;;/h1,3-4H;1H;. The minimum absolute atomic E-state index is 0. The molecule has 0 bridgehead atoms. The first-order valence-corrected chi connectivity index (χ1v) is 3.95. The Kier molecular flexibility index (Phi) is 4.22. The Morgan fingerprint density at radius 3 is 2.10 bits per heavy atom. The Hall–Kier alpha value is 0.183. The number of hydrogen-bond acceptors (Lipinski definition) is 0. The van der Waals surface area contributed by atoms with Crippen molar-refractivity contribution in [3.05, 3.63) is 29.8 Å². The van der Waals surface area contributed by atoms with Crippen molar-refractivity contribution >= 4 is 21.1 Å². The SMILES string of the molecule is Br.Fc1cc[c]([Zn])cc1F. The Morgan fingerprint density at radius 2 is 1.70 bits per heavy atom. The predicted octanol–water partition coefficient (Wildman–Crippen LogP) is 1.71. The molecule has 1 rings (SSSR count). The molecule has 0 saturated heterocycles. The van der Waals surface area contributed by atoms with Crippen molar-refractivity contribution in [1.82, 2.24) is 0 Å². The summed E-state index contributed by atoms with van der Waals surface area (Å²) in [7, 11) is 0. The molecule has 0 heterocycles. The summed E-state index contributed by atoms with van der Waals surface area (Å²) in [6.45, 7) is 0. The minimum atomic E-state index is -0.771. The molecule has 0 nitrogen and oxygen atoms in total. The molecule has 0 N–H and O–H groups in total. The van der Waals surface area contributed by atoms with Crippen molar-refractivity contribution in [2.75, 3.05) is 0 Å². The zero-order valence-corrected chi connectivity index (χ0v) is 9.78. The molecule has 0 saturated carbocycles. The third-order valence-corrected chi connectivity index (χ3v) is 1.91. The van der Waals surface area contributed by atoms with Gasteiger partial charge in [0.25, 0.3) is 0 Å². The van der Waals surface area contributed by atoms with Crippen molar-refractivity contribution in [2.24, 2.45) is 0 Å². The molecule has 0 aliphatic rings. The molecule has 0 aliphatic heterocycles. The van der Waals surface area contributed by atoms with E-state index in [0.29, 0.717) is 0 Å². The summed E-state index contributed by atoms with van der Waals surface area (Å²) in [5.74, 6) is -1.52. The quantitative estimate of drug-likeness (QED) is 0.622. The third-order valence-electron chi connectivity index (χ3n) is 0.984. The molecule has 0 fully saturated rings. The van der Waals surface area contributed by atoms with Crippen LogP contribution in [-0.4, -0.2) is 0 Å². The average Bonchev–Trinajstić information content (AvgIpc) is 1.80. The molecule has 1 aromatic carbocycles. The summed E-state index contributed by atoms with van der Waals surface area (Å²) >= 11 is 0.858. The monoisotopic (exact) mass is 257 g/mol. The molecule has 1 aromatic rings. The van der Waals surface area contributed by atoms with Crippen LogP contribution >= 0.6 is 17.0 Å². The fraction of sp³-hybridized carbons (Fsp3) is 0. The van der Waals surface area contributed by atoms with Crippen LogP contribution in [0.2, 0.25) is 0 Å². The second-order valence-electron chi connectivity index (χ2n) is 1.75. The summed E-state index contributed by atoms with van der Waals surface area (Å²) in [5.41, 5.74) is 0. The van der Waals surface area contributed by atoms with Gasteiger partial charge in [0.1, 0.15) is 0 Å². The fourth-order valence-corrected chi connectivity index (χ4v) is 1.16. The van der Waals surface area contributed by atoms with Gasteiger partial charge in [-0.2, -0.15) is 0 Å². The van der Waals surface area contributed by atoms with E-state index in [4.69, 9.17) is 0 Å². The summed E-state index contributed by atoms with van der Waals surface area (Å²) in [6.07, 6.45) is 0. The Bertz CT molecular complexity index is 227. The molecule has 0 aromatic heterocycles. The maximum atomic E-state index is 12.2. The van der Waals surface area contributed by atoms with E-state index < -0.39 is 11.6 Å². The first kappa shape index (κ1) is 10.2. The van der Waals surface area contributed by atoms with E-state index in [0.717, 1.165) is 28.5 Å². The van der Waals surface area contributed by atoms with Crippen molar-refractivity contribution in [2.45, 2.75) is 0 Å². The molecule has 0 radical (unpaired) electrons. The van der Waals surface area contributed by atoms with E-state index in [1.54, 1.807) is 6.07 Å². The van der Waals surface area contributed by atoms with Gasteiger partial charge in [-0.3, -0.25) is 0 Å². The van der Waals surface area contributed by atoms with E-state index in [1.165, 1.54) is 6.07 Å². The van der Waals surface area contributed by atoms with E-state index >= 15 is 0 Å². The van der Waals surface area contributed by atoms with Gasteiger partial charge in [-0.25, -0.2) is 0 Å². The van der Waals surface area contributed by atoms with Crippen LogP contribution in [0.1, 0.15) is 0 Å². The van der Waals surface area contributed by atoms with E-state index in [-0.39, 0.29) is 17.0 Å². The molecule has 0 unspecified atom stereocenters. The molecular weight excluding hydrogens is 255 g/mol. The van der Waals surface area contributed by atoms with Crippen LogP contribution in [0.15, 0.2) is 18.2 Å². The maximum absolute atomic E-state index is 12.2. The van der Waals surface area contributed by atoms with Crippen LogP contribution in [0, 0.1) is 11.6 Å². The summed E-state index contributed by atoms with van der Waals surface area (Å²) in [5, 5.41) is 0. The predicted molar refractivity (Wildman–Crippen MR) is 36.3 cm³/mol. The van der Waals surface area contributed by atoms with Crippen molar-refractivity contribution in [1.29, 1.82) is 0 Å². The van der Waals surface area contributed by atoms with Crippen LogP contribution in [0.3, 0.4) is 0 Å². The van der Waals surface area contributed by atoms with Crippen molar-refractivity contribution in [3.63, 3.8) is 0 Å². The van der Waals surface area contributed by atoms with Crippen LogP contribution in [-0.2, 0) is 18.3 Å². The van der Waals surface area contributed by atoms with Crippen LogP contribution in [0.25, 0.3) is 0 Å². The van der Waals surface area contributed by atoms with Crippen LogP contribution in [0.4, 0.5) is 8.78 Å². The van der Waals surface area contributed by atoms with Crippen molar-refractivity contribution < 1.29 is 27.1 Å². The zero-order chi connectivity index (χ0) is 6.85. The molecule has 0 amide bonds. The number of rotatable bonds is 0. The normalized spacial score (nSPS) is 8.80. The van der Waals surface area contributed by atoms with Gasteiger partial charge >= 0.3 is 61.1 Å². The summed E-state index contributed by atoms with van der Waals surface area (Å²) < 4.78 is 25.2. The second kappa shape index (κ2) is 4.14. The van der Waals surface area contributed by atoms with E-state index in [1.807, 2.05) is 0 Å². The van der Waals surface area contributed by atoms with Gasteiger partial charge in [0, 0.05) is 0 Å². The Balaban J connectivity index is 0.000000810. The van der Waals surface area contributed by atoms with Crippen LogP contribution < -0.4 is 4.16 Å². The summed E-state index contributed by atoms with van der Waals surface area (Å²) in [4.78, 5) is 0. The van der Waals surface area contributed by atoms with E-state index in [2.05, 4.69) is 0 Å². The molecule has 0 aliphatic carbocycles. The number of hydrogen-bond donors (Lipinski definition) is 0. The third kappa shape index (κ3) is 2.43. The second-order valence-corrected chi connectivity index (χ2v) is 3.46. The first-order valence-electron chi connectivity index (χ1n) is 2.47. The van der Waals surface area contributed by atoms with E-state index in [9.17, 15) is 8.78 Å². The number of halogens is 3. The Morgan fingerprint density at radius 1 is 1.10 bits per heavy atom. The fourth-order valence-electron chi connectivity index (χ4n) is 0.540. The Labute approximate surface area is 78.1 Å². The average molecular weight is 259 g/mol. The molecule has 0 spiro atoms. The summed E-state index contributed by atoms with van der Waals surface area (Å²) in [6, 6.07) is 3.95. The van der Waals surface area contributed by atoms with Crippen LogP contribution in [0.5, 0.6) is 0 Å². The molecule has 4 heteroatoms. The van der Waals surface area contributed by atoms with Gasteiger partial charge in [0.2, 0.25) is 0 Å². The molecular formula is C6H4BrF2Zn. The van der Waals surface area contributed by atoms with Gasteiger partial charge in [0.15, 0.2) is 0 Å². The van der Waals surface area contributed by atoms with Gasteiger partial charge in [-0.05, 0) is 0 Å². The zero-order valence-electron chi connectivity index (χ0n) is 5.10. The molecule has 51 valence electrons. The topological polar surface area (TPSA) is 0 Å². The van der Waals surface area contributed by atoms with Gasteiger partial charge in [0.05, 0.1) is 0 Å². The first-order chi connectivity index (χ1) is 4.20. The van der Waals surface area contributed by atoms with Crippen molar-refractivity contribution in [3.8, 4) is 0 Å². The van der Waals surface area contributed by atoms with Gasteiger partial charge < -0.3 is 0 Å². The van der Waals surface area contributed by atoms with Gasteiger partial charge in [-0.15, -0.1) is 17.0 Å². The van der Waals surface area contributed by atoms with Gasteiger partial charge in [-0.1, -0.05) is 0 Å². The molecule has 0 atom stereocenters.